The number of nitriles is 1. The van der Waals surface area contributed by atoms with Gasteiger partial charge in [-0.15, -0.1) is 0 Å². The molecule has 0 saturated carbocycles. The molecule has 36 heavy (non-hydrogen) atoms. The summed E-state index contributed by atoms with van der Waals surface area (Å²) < 4.78 is 65.9. The van der Waals surface area contributed by atoms with Gasteiger partial charge in [0.15, 0.2) is 0 Å². The average Bonchev–Trinajstić information content (AvgIpc) is 3.37. The number of nitrogens with one attached hydrogen (secondary N) is 1. The van der Waals surface area contributed by atoms with Crippen molar-refractivity contribution in [3.63, 3.8) is 0 Å². The number of hydrogen-bond donors (Lipinski definition) is 1. The number of aromatic nitrogens is 2. The predicted octanol–water partition coefficient (Wildman–Crippen LogP) is 3.98. The zero-order valence-corrected chi connectivity index (χ0v) is 19.4. The second-order valence-corrected chi connectivity index (χ2v) is 9.44. The molecule has 1 aromatic heterocycles. The molecule has 2 heterocycles. The summed E-state index contributed by atoms with van der Waals surface area (Å²) in [5.41, 5.74) is 1.53. The zero-order valence-electron chi connectivity index (χ0n) is 18.6. The molecule has 12 heteroatoms. The summed E-state index contributed by atoms with van der Waals surface area (Å²) in [5.74, 6) is -2.09. The first-order valence-corrected chi connectivity index (χ1v) is 11.9. The van der Waals surface area contributed by atoms with E-state index in [1.165, 1.54) is 30.3 Å². The maximum Gasteiger partial charge on any atom is 0.451 e. The van der Waals surface area contributed by atoms with Gasteiger partial charge < -0.3 is 5.32 Å². The van der Waals surface area contributed by atoms with Gasteiger partial charge >= 0.3 is 6.18 Å². The molecule has 4 rings (SSSR count). The average molecular weight is 518 g/mol. The van der Waals surface area contributed by atoms with Gasteiger partial charge in [0.1, 0.15) is 22.8 Å². The van der Waals surface area contributed by atoms with Crippen molar-refractivity contribution >= 4 is 16.9 Å². The van der Waals surface area contributed by atoms with Crippen LogP contribution >= 0.6 is 0 Å². The Labute approximate surface area is 206 Å². The standard InChI is InChI=1S/C24H19F4N5O2S/c25-19-5-7-20(8-6-19)36(35)33-9-1-2-21(33)22(34)30-12-17-10-15(3-4-16(17)11-29)18-13-31-23(32-14-18)24(26,27)28/h3-8,10,13-14,21H,1-2,9,12H2,(H,30,34). The number of benzene rings is 2. The quantitative estimate of drug-likeness (QED) is 0.499. The van der Waals surface area contributed by atoms with Gasteiger partial charge in [0.2, 0.25) is 11.7 Å². The summed E-state index contributed by atoms with van der Waals surface area (Å²) in [6.07, 6.45) is -1.45. The second kappa shape index (κ2) is 10.5. The largest absolute Gasteiger partial charge is 0.451 e. The van der Waals surface area contributed by atoms with Crippen molar-refractivity contribution in [3.05, 3.63) is 77.6 Å². The third-order valence-electron chi connectivity index (χ3n) is 5.65. The van der Waals surface area contributed by atoms with Gasteiger partial charge in [-0.2, -0.15) is 18.4 Å². The molecule has 0 bridgehead atoms. The molecule has 1 aliphatic heterocycles. The van der Waals surface area contributed by atoms with Crippen LogP contribution in [0.5, 0.6) is 0 Å². The smallest absolute Gasteiger partial charge is 0.351 e. The molecule has 0 aliphatic carbocycles. The SMILES string of the molecule is N#Cc1ccc(-c2cnc(C(F)(F)F)nc2)cc1CNC(=O)C1CCCN1S(=O)c1ccc(F)cc1. The van der Waals surface area contributed by atoms with E-state index in [-0.39, 0.29) is 18.0 Å². The van der Waals surface area contributed by atoms with Crippen LogP contribution in [0.15, 0.2) is 59.8 Å². The van der Waals surface area contributed by atoms with E-state index >= 15 is 0 Å². The topological polar surface area (TPSA) is 99.0 Å². The summed E-state index contributed by atoms with van der Waals surface area (Å²) in [7, 11) is -1.65. The van der Waals surface area contributed by atoms with Gasteiger partial charge in [0, 0.05) is 31.0 Å². The fourth-order valence-electron chi connectivity index (χ4n) is 3.84. The van der Waals surface area contributed by atoms with Crippen LogP contribution in [-0.4, -0.2) is 37.0 Å². The number of amides is 1. The van der Waals surface area contributed by atoms with E-state index in [1.54, 1.807) is 16.4 Å². The number of hydrogen-bond acceptors (Lipinski definition) is 5. The lowest BCUT2D eigenvalue weighted by Gasteiger charge is -2.22. The molecule has 2 atom stereocenters. The van der Waals surface area contributed by atoms with Crippen molar-refractivity contribution < 1.29 is 26.6 Å². The monoisotopic (exact) mass is 517 g/mol. The molecule has 186 valence electrons. The molecule has 3 aromatic rings. The minimum atomic E-state index is -4.66. The summed E-state index contributed by atoms with van der Waals surface area (Å²) in [5, 5.41) is 12.2. The van der Waals surface area contributed by atoms with Crippen molar-refractivity contribution in [1.29, 1.82) is 5.26 Å². The van der Waals surface area contributed by atoms with Crippen molar-refractivity contribution in [2.45, 2.75) is 36.5 Å². The number of nitrogens with zero attached hydrogens (tertiary/aromatic N) is 4. The van der Waals surface area contributed by atoms with Crippen molar-refractivity contribution in [2.75, 3.05) is 6.54 Å². The predicted molar refractivity (Wildman–Crippen MR) is 122 cm³/mol. The Bertz CT molecular complexity index is 1320. The van der Waals surface area contributed by atoms with E-state index < -0.39 is 34.8 Å². The summed E-state index contributed by atoms with van der Waals surface area (Å²) in [6.45, 7) is 0.402. The molecule has 1 saturated heterocycles. The normalized spacial score (nSPS) is 16.9. The Morgan fingerprint density at radius 1 is 1.14 bits per heavy atom. The molecule has 1 aliphatic rings. The Morgan fingerprint density at radius 3 is 2.47 bits per heavy atom. The van der Waals surface area contributed by atoms with Crippen LogP contribution in [0.25, 0.3) is 11.1 Å². The van der Waals surface area contributed by atoms with Crippen LogP contribution in [0.1, 0.15) is 29.8 Å². The van der Waals surface area contributed by atoms with Gasteiger partial charge in [0.05, 0.1) is 16.5 Å². The first kappa shape index (κ1) is 25.4. The number of halogens is 4. The fourth-order valence-corrected chi connectivity index (χ4v) is 5.21. The third kappa shape index (κ3) is 5.58. The highest BCUT2D eigenvalue weighted by atomic mass is 32.2. The van der Waals surface area contributed by atoms with Gasteiger partial charge in [-0.25, -0.2) is 22.9 Å². The molecule has 1 N–H and O–H groups in total. The Kier molecular flexibility index (Phi) is 7.42. The van der Waals surface area contributed by atoms with E-state index in [0.29, 0.717) is 41.0 Å². The van der Waals surface area contributed by atoms with E-state index in [0.717, 1.165) is 12.4 Å². The first-order valence-electron chi connectivity index (χ1n) is 10.8. The number of rotatable bonds is 6. The van der Waals surface area contributed by atoms with Crippen LogP contribution in [-0.2, 0) is 28.5 Å². The number of carbonyl (C=O) groups is 1. The highest BCUT2D eigenvalue weighted by Crippen LogP contribution is 2.28. The zero-order chi connectivity index (χ0) is 25.9. The van der Waals surface area contributed by atoms with Crippen LogP contribution < -0.4 is 5.32 Å². The Morgan fingerprint density at radius 2 is 1.83 bits per heavy atom. The highest BCUT2D eigenvalue weighted by molar-refractivity contribution is 7.82. The van der Waals surface area contributed by atoms with Gasteiger partial charge in [-0.05, 0) is 60.4 Å². The lowest BCUT2D eigenvalue weighted by molar-refractivity contribution is -0.145. The fraction of sp³-hybridized carbons (Fsp3) is 0.250. The molecule has 1 amide bonds. The van der Waals surface area contributed by atoms with E-state index in [2.05, 4.69) is 15.3 Å². The van der Waals surface area contributed by atoms with Crippen LogP contribution in [0.2, 0.25) is 0 Å². The maximum absolute atomic E-state index is 13.2. The van der Waals surface area contributed by atoms with E-state index in [4.69, 9.17) is 0 Å². The lowest BCUT2D eigenvalue weighted by Crippen LogP contribution is -2.43. The lowest BCUT2D eigenvalue weighted by atomic mass is 10.0. The minimum absolute atomic E-state index is 0.0232. The van der Waals surface area contributed by atoms with Crippen molar-refractivity contribution in [3.8, 4) is 17.2 Å². The van der Waals surface area contributed by atoms with Crippen molar-refractivity contribution in [2.24, 2.45) is 0 Å². The van der Waals surface area contributed by atoms with Crippen LogP contribution in [0, 0.1) is 17.1 Å². The molecular weight excluding hydrogens is 498 g/mol. The molecular formula is C24H19F4N5O2S. The van der Waals surface area contributed by atoms with Crippen LogP contribution in [0.4, 0.5) is 17.6 Å². The Hall–Kier alpha value is -3.69. The van der Waals surface area contributed by atoms with E-state index in [1.807, 2.05) is 6.07 Å². The molecule has 2 aromatic carbocycles. The molecule has 0 radical (unpaired) electrons. The molecule has 7 nitrogen and oxygen atoms in total. The number of alkyl halides is 3. The van der Waals surface area contributed by atoms with Crippen molar-refractivity contribution in [1.82, 2.24) is 19.6 Å². The first-order chi connectivity index (χ1) is 17.2. The second-order valence-electron chi connectivity index (χ2n) is 8.00. The highest BCUT2D eigenvalue weighted by Gasteiger charge is 2.35. The van der Waals surface area contributed by atoms with Gasteiger partial charge in [-0.3, -0.25) is 4.79 Å². The summed E-state index contributed by atoms with van der Waals surface area (Å²) in [6, 6.07) is 11.2. The molecule has 2 unspecified atom stereocenters. The maximum atomic E-state index is 13.2. The minimum Gasteiger partial charge on any atom is -0.351 e. The summed E-state index contributed by atoms with van der Waals surface area (Å²) in [4.78, 5) is 20.0. The third-order valence-corrected chi connectivity index (χ3v) is 7.19. The molecule has 0 spiro atoms. The number of carbonyl (C=O) groups excluding carboxylic acids is 1. The van der Waals surface area contributed by atoms with Gasteiger partial charge in [-0.1, -0.05) is 6.07 Å². The molecule has 1 fully saturated rings. The van der Waals surface area contributed by atoms with Gasteiger partial charge in [0.25, 0.3) is 0 Å². The van der Waals surface area contributed by atoms with E-state index in [9.17, 15) is 31.8 Å². The van der Waals surface area contributed by atoms with Crippen LogP contribution in [0.3, 0.4) is 0 Å². The summed E-state index contributed by atoms with van der Waals surface area (Å²) >= 11 is 0. The Balaban J connectivity index is 1.48.